The van der Waals surface area contributed by atoms with Crippen molar-refractivity contribution in [2.45, 2.75) is 6.18 Å². The number of alkyl halides is 3. The molecule has 0 bridgehead atoms. The molecule has 1 N–H and O–H groups in total. The van der Waals surface area contributed by atoms with E-state index in [4.69, 9.17) is 5.11 Å². The second-order valence-electron chi connectivity index (χ2n) is 4.51. The number of carboxylic acids is 1. The van der Waals surface area contributed by atoms with Gasteiger partial charge < -0.3 is 5.11 Å². The van der Waals surface area contributed by atoms with Gasteiger partial charge in [-0.3, -0.25) is 0 Å². The van der Waals surface area contributed by atoms with Crippen LogP contribution in [-0.4, -0.2) is 31.1 Å². The lowest BCUT2D eigenvalue weighted by atomic mass is 10.2. The molecule has 0 amide bonds. The van der Waals surface area contributed by atoms with Gasteiger partial charge in [0.1, 0.15) is 17.0 Å². The van der Waals surface area contributed by atoms with Crippen LogP contribution >= 0.6 is 0 Å². The topological polar surface area (TPSA) is 80.9 Å². The minimum atomic E-state index is -4.65. The number of halogens is 4. The Morgan fingerprint density at radius 1 is 1.17 bits per heavy atom. The van der Waals surface area contributed by atoms with Crippen LogP contribution in [0.15, 0.2) is 30.3 Å². The molecule has 0 saturated heterocycles. The van der Waals surface area contributed by atoms with Gasteiger partial charge in [0.2, 0.25) is 0 Å². The maximum atomic E-state index is 13.7. The molecule has 0 spiro atoms. The Morgan fingerprint density at radius 2 is 1.91 bits per heavy atom. The molecule has 0 aliphatic carbocycles. The third-order valence-electron chi connectivity index (χ3n) is 3.02. The van der Waals surface area contributed by atoms with Crippen LogP contribution in [0.5, 0.6) is 0 Å². The van der Waals surface area contributed by atoms with E-state index in [1.54, 1.807) is 0 Å². The zero-order valence-corrected chi connectivity index (χ0v) is 11.0. The standard InChI is InChI=1S/C13H6F4N4O2/c14-8-5-6(1-2-7(8)12(22)23)21-11-9(19-20-21)3-4-10(18-11)13(15,16)17/h1-5H,(H,22,23). The van der Waals surface area contributed by atoms with Crippen LogP contribution in [-0.2, 0) is 6.18 Å². The molecule has 0 saturated carbocycles. The van der Waals surface area contributed by atoms with Crippen LogP contribution in [0, 0.1) is 5.82 Å². The molecular weight excluding hydrogens is 320 g/mol. The van der Waals surface area contributed by atoms with Gasteiger partial charge in [-0.05, 0) is 24.3 Å². The summed E-state index contributed by atoms with van der Waals surface area (Å²) in [4.78, 5) is 14.2. The molecule has 2 aromatic heterocycles. The first kappa shape index (κ1) is 14.9. The van der Waals surface area contributed by atoms with Crippen molar-refractivity contribution in [3.05, 3.63) is 47.4 Å². The van der Waals surface area contributed by atoms with Gasteiger partial charge in [0.25, 0.3) is 0 Å². The third-order valence-corrected chi connectivity index (χ3v) is 3.02. The number of aromatic carboxylic acids is 1. The molecule has 0 aliphatic rings. The molecule has 118 valence electrons. The Labute approximate surface area is 125 Å². The molecule has 3 rings (SSSR count). The van der Waals surface area contributed by atoms with E-state index >= 15 is 0 Å². The van der Waals surface area contributed by atoms with Crippen molar-refractivity contribution in [3.8, 4) is 5.69 Å². The number of aromatic nitrogens is 4. The average Bonchev–Trinajstić information content (AvgIpc) is 2.88. The highest BCUT2D eigenvalue weighted by atomic mass is 19.4. The smallest absolute Gasteiger partial charge is 0.433 e. The van der Waals surface area contributed by atoms with Gasteiger partial charge in [0.05, 0.1) is 11.3 Å². The SMILES string of the molecule is O=C(O)c1ccc(-n2nnc3ccc(C(F)(F)F)nc32)cc1F. The Kier molecular flexibility index (Phi) is 3.24. The first-order valence-electron chi connectivity index (χ1n) is 6.10. The summed E-state index contributed by atoms with van der Waals surface area (Å²) in [6.07, 6.45) is -4.65. The molecule has 23 heavy (non-hydrogen) atoms. The normalized spacial score (nSPS) is 11.8. The van der Waals surface area contributed by atoms with Crippen LogP contribution in [0.2, 0.25) is 0 Å². The molecular formula is C13H6F4N4O2. The third kappa shape index (κ3) is 2.58. The van der Waals surface area contributed by atoms with Crippen LogP contribution in [0.25, 0.3) is 16.9 Å². The zero-order valence-electron chi connectivity index (χ0n) is 11.0. The molecule has 2 heterocycles. The van der Waals surface area contributed by atoms with E-state index in [0.29, 0.717) is 0 Å². The van der Waals surface area contributed by atoms with Crippen LogP contribution in [0.3, 0.4) is 0 Å². The summed E-state index contributed by atoms with van der Waals surface area (Å²) in [6, 6.07) is 4.86. The summed E-state index contributed by atoms with van der Waals surface area (Å²) < 4.78 is 52.8. The number of pyridine rings is 1. The highest BCUT2D eigenvalue weighted by Crippen LogP contribution is 2.29. The number of hydrogen-bond donors (Lipinski definition) is 1. The van der Waals surface area contributed by atoms with E-state index in [1.165, 1.54) is 6.07 Å². The van der Waals surface area contributed by atoms with Gasteiger partial charge in [0, 0.05) is 6.07 Å². The second kappa shape index (κ2) is 5.00. The summed E-state index contributed by atoms with van der Waals surface area (Å²) in [7, 11) is 0. The van der Waals surface area contributed by atoms with Gasteiger partial charge in [-0.15, -0.1) is 5.10 Å². The largest absolute Gasteiger partial charge is 0.478 e. The monoisotopic (exact) mass is 326 g/mol. The lowest BCUT2D eigenvalue weighted by molar-refractivity contribution is -0.141. The molecule has 3 aromatic rings. The minimum absolute atomic E-state index is 0.00169. The molecule has 0 radical (unpaired) electrons. The number of rotatable bonds is 2. The highest BCUT2D eigenvalue weighted by molar-refractivity contribution is 5.88. The number of carboxylic acid groups (broad SMARTS) is 1. The predicted molar refractivity (Wildman–Crippen MR) is 68.6 cm³/mol. The Hall–Kier alpha value is -3.04. The number of benzene rings is 1. The number of nitrogens with zero attached hydrogens (tertiary/aromatic N) is 4. The van der Waals surface area contributed by atoms with Crippen LogP contribution < -0.4 is 0 Å². The van der Waals surface area contributed by atoms with Crippen molar-refractivity contribution in [3.63, 3.8) is 0 Å². The fraction of sp³-hybridized carbons (Fsp3) is 0.0769. The first-order valence-corrected chi connectivity index (χ1v) is 6.10. The van der Waals surface area contributed by atoms with Crippen molar-refractivity contribution < 1.29 is 27.5 Å². The summed E-state index contributed by atoms with van der Waals surface area (Å²) in [5.41, 5.74) is -1.84. The van der Waals surface area contributed by atoms with Crippen LogP contribution in [0.1, 0.15) is 16.1 Å². The molecule has 0 aliphatic heterocycles. The first-order chi connectivity index (χ1) is 10.8. The molecule has 0 fully saturated rings. The Balaban J connectivity index is 2.16. The summed E-state index contributed by atoms with van der Waals surface area (Å²) in [5, 5.41) is 16.0. The van der Waals surface area contributed by atoms with Crippen molar-refractivity contribution >= 4 is 17.1 Å². The number of hydrogen-bond acceptors (Lipinski definition) is 4. The number of carbonyl (C=O) groups is 1. The average molecular weight is 326 g/mol. The maximum Gasteiger partial charge on any atom is 0.433 e. The molecule has 1 aromatic carbocycles. The molecule has 10 heteroatoms. The molecule has 6 nitrogen and oxygen atoms in total. The van der Waals surface area contributed by atoms with Crippen molar-refractivity contribution in [1.82, 2.24) is 20.0 Å². The molecule has 0 unspecified atom stereocenters. The quantitative estimate of drug-likeness (QED) is 0.732. The summed E-state index contributed by atoms with van der Waals surface area (Å²) >= 11 is 0. The fourth-order valence-corrected chi connectivity index (χ4v) is 1.95. The van der Waals surface area contributed by atoms with Gasteiger partial charge in [-0.25, -0.2) is 14.2 Å². The van der Waals surface area contributed by atoms with Gasteiger partial charge >= 0.3 is 12.1 Å². The minimum Gasteiger partial charge on any atom is -0.478 e. The van der Waals surface area contributed by atoms with Crippen LogP contribution in [0.4, 0.5) is 17.6 Å². The van der Waals surface area contributed by atoms with Gasteiger partial charge in [0.15, 0.2) is 5.65 Å². The van der Waals surface area contributed by atoms with E-state index in [-0.39, 0.29) is 16.9 Å². The van der Waals surface area contributed by atoms with Crippen molar-refractivity contribution in [1.29, 1.82) is 0 Å². The Bertz CT molecular complexity index is 920. The zero-order chi connectivity index (χ0) is 16.8. The maximum absolute atomic E-state index is 13.7. The van der Waals surface area contributed by atoms with Crippen molar-refractivity contribution in [2.75, 3.05) is 0 Å². The van der Waals surface area contributed by atoms with Gasteiger partial charge in [-0.2, -0.15) is 17.9 Å². The second-order valence-corrected chi connectivity index (χ2v) is 4.51. The van der Waals surface area contributed by atoms with E-state index in [2.05, 4.69) is 15.3 Å². The van der Waals surface area contributed by atoms with E-state index in [9.17, 15) is 22.4 Å². The highest BCUT2D eigenvalue weighted by Gasteiger charge is 2.33. The van der Waals surface area contributed by atoms with E-state index in [0.717, 1.165) is 28.9 Å². The lowest BCUT2D eigenvalue weighted by Crippen LogP contribution is -2.09. The summed E-state index contributed by atoms with van der Waals surface area (Å²) in [6.45, 7) is 0. The lowest BCUT2D eigenvalue weighted by Gasteiger charge is -2.07. The van der Waals surface area contributed by atoms with E-state index < -0.39 is 29.2 Å². The predicted octanol–water partition coefficient (Wildman–Crippen LogP) is 2.67. The Morgan fingerprint density at radius 3 is 2.52 bits per heavy atom. The molecule has 0 atom stereocenters. The van der Waals surface area contributed by atoms with Crippen molar-refractivity contribution in [2.24, 2.45) is 0 Å². The van der Waals surface area contributed by atoms with Gasteiger partial charge in [-0.1, -0.05) is 5.21 Å². The summed E-state index contributed by atoms with van der Waals surface area (Å²) in [5.74, 6) is -2.51. The fourth-order valence-electron chi connectivity index (χ4n) is 1.95. The number of fused-ring (bicyclic) bond motifs is 1. The van der Waals surface area contributed by atoms with E-state index in [1.807, 2.05) is 0 Å².